The third-order valence-electron chi connectivity index (χ3n) is 3.91. The van der Waals surface area contributed by atoms with Crippen molar-refractivity contribution in [1.29, 1.82) is 0 Å². The molecule has 1 saturated heterocycles. The van der Waals surface area contributed by atoms with Crippen molar-refractivity contribution in [3.05, 3.63) is 28.2 Å². The maximum Gasteiger partial charge on any atom is 0.0514 e. The summed E-state index contributed by atoms with van der Waals surface area (Å²) in [6.07, 6.45) is 2.83. The first kappa shape index (κ1) is 11.5. The molecule has 3 rings (SSSR count). The minimum absolute atomic E-state index is 0.705. The lowest BCUT2D eigenvalue weighted by atomic mass is 10.1. The fraction of sp³-hybridized carbons (Fsp3) is 0.571. The fourth-order valence-corrected chi connectivity index (χ4v) is 3.20. The highest BCUT2D eigenvalue weighted by molar-refractivity contribution is 9.10. The molecule has 1 heterocycles. The van der Waals surface area contributed by atoms with Crippen molar-refractivity contribution in [3.8, 4) is 0 Å². The summed E-state index contributed by atoms with van der Waals surface area (Å²) in [6.45, 7) is 5.55. The van der Waals surface area contributed by atoms with E-state index in [4.69, 9.17) is 0 Å². The van der Waals surface area contributed by atoms with Gasteiger partial charge in [0.2, 0.25) is 0 Å². The Morgan fingerprint density at radius 1 is 1.35 bits per heavy atom. The van der Waals surface area contributed by atoms with Gasteiger partial charge < -0.3 is 10.2 Å². The van der Waals surface area contributed by atoms with Crippen LogP contribution in [0.2, 0.25) is 0 Å². The van der Waals surface area contributed by atoms with Gasteiger partial charge in [-0.3, -0.25) is 0 Å². The van der Waals surface area contributed by atoms with E-state index < -0.39 is 0 Å². The van der Waals surface area contributed by atoms with Gasteiger partial charge in [0.05, 0.1) is 5.69 Å². The first-order valence-electron chi connectivity index (χ1n) is 6.49. The Hall–Kier alpha value is -0.540. The van der Waals surface area contributed by atoms with E-state index in [9.17, 15) is 0 Å². The van der Waals surface area contributed by atoms with Gasteiger partial charge in [0.1, 0.15) is 0 Å². The van der Waals surface area contributed by atoms with Gasteiger partial charge in [-0.05, 0) is 53.2 Å². The molecule has 0 spiro atoms. The molecule has 2 fully saturated rings. The van der Waals surface area contributed by atoms with E-state index in [1.165, 1.54) is 28.6 Å². The SMILES string of the molecule is Cc1cccc(N2CCNC(C3CC3)C2)c1Br. The summed E-state index contributed by atoms with van der Waals surface area (Å²) in [6, 6.07) is 7.25. The number of nitrogens with one attached hydrogen (secondary N) is 1. The van der Waals surface area contributed by atoms with Gasteiger partial charge >= 0.3 is 0 Å². The molecule has 1 aromatic rings. The second kappa shape index (κ2) is 4.62. The average Bonchev–Trinajstić information content (AvgIpc) is 3.17. The molecule has 0 aromatic heterocycles. The summed E-state index contributed by atoms with van der Waals surface area (Å²) in [4.78, 5) is 2.52. The summed E-state index contributed by atoms with van der Waals surface area (Å²) in [5.41, 5.74) is 2.68. The molecule has 1 saturated carbocycles. The molecule has 2 nitrogen and oxygen atoms in total. The smallest absolute Gasteiger partial charge is 0.0514 e. The molecule has 1 atom stereocenters. The zero-order valence-electron chi connectivity index (χ0n) is 10.2. The molecule has 2 aliphatic rings. The highest BCUT2D eigenvalue weighted by Crippen LogP contribution is 2.36. The average molecular weight is 295 g/mol. The molecular formula is C14H19BrN2. The quantitative estimate of drug-likeness (QED) is 0.902. The topological polar surface area (TPSA) is 15.3 Å². The van der Waals surface area contributed by atoms with Gasteiger partial charge in [0.25, 0.3) is 0 Å². The van der Waals surface area contributed by atoms with Crippen molar-refractivity contribution in [2.45, 2.75) is 25.8 Å². The van der Waals surface area contributed by atoms with Gasteiger partial charge in [0.15, 0.2) is 0 Å². The van der Waals surface area contributed by atoms with Crippen LogP contribution in [0.4, 0.5) is 5.69 Å². The predicted octanol–water partition coefficient (Wildman–Crippen LogP) is 2.95. The van der Waals surface area contributed by atoms with Crippen LogP contribution >= 0.6 is 15.9 Å². The van der Waals surface area contributed by atoms with Gasteiger partial charge in [-0.2, -0.15) is 0 Å². The number of nitrogens with zero attached hydrogens (tertiary/aromatic N) is 1. The zero-order chi connectivity index (χ0) is 11.8. The number of hydrogen-bond acceptors (Lipinski definition) is 2. The minimum Gasteiger partial charge on any atom is -0.368 e. The van der Waals surface area contributed by atoms with Crippen LogP contribution in [0, 0.1) is 12.8 Å². The Morgan fingerprint density at radius 2 is 2.18 bits per heavy atom. The van der Waals surface area contributed by atoms with Crippen LogP contribution in [0.3, 0.4) is 0 Å². The third kappa shape index (κ3) is 2.36. The largest absolute Gasteiger partial charge is 0.368 e. The van der Waals surface area contributed by atoms with Crippen LogP contribution in [0.1, 0.15) is 18.4 Å². The second-order valence-corrected chi connectivity index (χ2v) is 6.05. The molecule has 0 radical (unpaired) electrons. The summed E-state index contributed by atoms with van der Waals surface area (Å²) >= 11 is 3.73. The molecule has 0 amide bonds. The van der Waals surface area contributed by atoms with Crippen LogP contribution in [0.15, 0.2) is 22.7 Å². The molecule has 1 N–H and O–H groups in total. The van der Waals surface area contributed by atoms with Crippen molar-refractivity contribution in [2.24, 2.45) is 5.92 Å². The molecule has 3 heteroatoms. The van der Waals surface area contributed by atoms with Crippen LogP contribution in [-0.2, 0) is 0 Å². The van der Waals surface area contributed by atoms with Crippen molar-refractivity contribution in [1.82, 2.24) is 5.32 Å². The number of aryl methyl sites for hydroxylation is 1. The molecule has 17 heavy (non-hydrogen) atoms. The Kier molecular flexibility index (Phi) is 3.14. The van der Waals surface area contributed by atoms with Crippen molar-refractivity contribution in [2.75, 3.05) is 24.5 Å². The first-order valence-corrected chi connectivity index (χ1v) is 7.28. The van der Waals surface area contributed by atoms with E-state index in [0.29, 0.717) is 6.04 Å². The lowest BCUT2D eigenvalue weighted by molar-refractivity contribution is 0.418. The zero-order valence-corrected chi connectivity index (χ0v) is 11.8. The van der Waals surface area contributed by atoms with E-state index in [1.54, 1.807) is 0 Å². The molecule has 1 aromatic carbocycles. The van der Waals surface area contributed by atoms with E-state index in [-0.39, 0.29) is 0 Å². The van der Waals surface area contributed by atoms with Gasteiger partial charge in [-0.25, -0.2) is 0 Å². The number of piperazine rings is 1. The third-order valence-corrected chi connectivity index (χ3v) is 4.94. The highest BCUT2D eigenvalue weighted by atomic mass is 79.9. The van der Waals surface area contributed by atoms with Crippen LogP contribution in [0.5, 0.6) is 0 Å². The first-order chi connectivity index (χ1) is 8.25. The molecule has 1 unspecified atom stereocenters. The van der Waals surface area contributed by atoms with Gasteiger partial charge in [0, 0.05) is 30.1 Å². The Balaban J connectivity index is 1.80. The monoisotopic (exact) mass is 294 g/mol. The molecule has 1 aliphatic carbocycles. The van der Waals surface area contributed by atoms with Gasteiger partial charge in [-0.15, -0.1) is 0 Å². The second-order valence-electron chi connectivity index (χ2n) is 5.25. The summed E-state index contributed by atoms with van der Waals surface area (Å²) in [5.74, 6) is 0.932. The summed E-state index contributed by atoms with van der Waals surface area (Å²) in [5, 5.41) is 3.66. The van der Waals surface area contributed by atoms with Crippen LogP contribution in [-0.4, -0.2) is 25.7 Å². The molecule has 0 bridgehead atoms. The summed E-state index contributed by atoms with van der Waals surface area (Å²) < 4.78 is 1.26. The Labute approximate surface area is 112 Å². The van der Waals surface area contributed by atoms with Crippen molar-refractivity contribution in [3.63, 3.8) is 0 Å². The number of benzene rings is 1. The molecule has 1 aliphatic heterocycles. The van der Waals surface area contributed by atoms with E-state index in [1.807, 2.05) is 0 Å². The normalized spacial score (nSPS) is 25.1. The highest BCUT2D eigenvalue weighted by Gasteiger charge is 2.34. The van der Waals surface area contributed by atoms with E-state index in [0.717, 1.165) is 25.6 Å². The lowest BCUT2D eigenvalue weighted by Crippen LogP contribution is -2.51. The van der Waals surface area contributed by atoms with Crippen LogP contribution < -0.4 is 10.2 Å². The number of rotatable bonds is 2. The van der Waals surface area contributed by atoms with Gasteiger partial charge in [-0.1, -0.05) is 12.1 Å². The summed E-state index contributed by atoms with van der Waals surface area (Å²) in [7, 11) is 0. The number of halogens is 1. The Morgan fingerprint density at radius 3 is 2.94 bits per heavy atom. The standard InChI is InChI=1S/C14H19BrN2/c1-10-3-2-4-13(14(10)15)17-8-7-16-12(9-17)11-5-6-11/h2-4,11-12,16H,5-9H2,1H3. The molecule has 92 valence electrons. The van der Waals surface area contributed by atoms with Crippen LogP contribution in [0.25, 0.3) is 0 Å². The number of hydrogen-bond donors (Lipinski definition) is 1. The van der Waals surface area contributed by atoms with Crippen molar-refractivity contribution < 1.29 is 0 Å². The fourth-order valence-electron chi connectivity index (χ4n) is 2.69. The molecular weight excluding hydrogens is 276 g/mol. The predicted molar refractivity (Wildman–Crippen MR) is 75.6 cm³/mol. The minimum atomic E-state index is 0.705. The van der Waals surface area contributed by atoms with E-state index >= 15 is 0 Å². The maximum atomic E-state index is 3.73. The van der Waals surface area contributed by atoms with Crippen molar-refractivity contribution >= 4 is 21.6 Å². The van der Waals surface area contributed by atoms with E-state index in [2.05, 4.69) is 51.3 Å². The lowest BCUT2D eigenvalue weighted by Gasteiger charge is -2.36. The maximum absolute atomic E-state index is 3.73. The Bertz CT molecular complexity index is 415. The number of anilines is 1.